The predicted molar refractivity (Wildman–Crippen MR) is 39.0 cm³/mol. The summed E-state index contributed by atoms with van der Waals surface area (Å²) in [4.78, 5) is 18.8. The van der Waals surface area contributed by atoms with Crippen LogP contribution in [0.1, 0.15) is 6.92 Å². The van der Waals surface area contributed by atoms with Gasteiger partial charge < -0.3 is 20.2 Å². The molecule has 0 aromatic carbocycles. The van der Waals surface area contributed by atoms with Crippen LogP contribution in [0.3, 0.4) is 0 Å². The lowest BCUT2D eigenvalue weighted by molar-refractivity contribution is -0.428. The van der Waals surface area contributed by atoms with Gasteiger partial charge in [-0.25, -0.2) is 0 Å². The highest BCUT2D eigenvalue weighted by atomic mass is 16.6. The molecule has 9 heteroatoms. The summed E-state index contributed by atoms with van der Waals surface area (Å²) in [5.41, 5.74) is 0. The van der Waals surface area contributed by atoms with Crippen LogP contribution in [-0.4, -0.2) is 24.8 Å². The summed E-state index contributed by atoms with van der Waals surface area (Å²) in [6.45, 7) is 1.74. The molecular weight excluding hydrogens is 182 g/mol. The van der Waals surface area contributed by atoms with Gasteiger partial charge in [0.25, 0.3) is 0 Å². The van der Waals surface area contributed by atoms with Crippen molar-refractivity contribution in [1.82, 2.24) is 15.0 Å². The number of aromatic nitrogens is 3. The third-order valence-corrected chi connectivity index (χ3v) is 1.34. The van der Waals surface area contributed by atoms with Gasteiger partial charge >= 0.3 is 11.6 Å². The zero-order valence-corrected chi connectivity index (χ0v) is 6.58. The van der Waals surface area contributed by atoms with Crippen molar-refractivity contribution >= 4 is 11.6 Å². The van der Waals surface area contributed by atoms with E-state index in [1.807, 2.05) is 0 Å². The second-order valence-corrected chi connectivity index (χ2v) is 2.07. The molecule has 9 nitrogen and oxygen atoms in total. The minimum Gasteiger partial charge on any atom is -0.358 e. The Kier molecular flexibility index (Phi) is 2.17. The fraction of sp³-hybridized carbons (Fsp3) is 0.500. The third-order valence-electron chi connectivity index (χ3n) is 1.34. The molecule has 0 N–H and O–H groups in total. The molecule has 13 heavy (non-hydrogen) atoms. The molecule has 0 aliphatic carbocycles. The normalized spacial score (nSPS) is 9.92. The average Bonchev–Trinajstić information content (AvgIpc) is 2.46. The molecule has 0 spiro atoms. The molecule has 0 unspecified atom stereocenters. The Morgan fingerprint density at radius 1 is 1.38 bits per heavy atom. The molecule has 0 fully saturated rings. The standard InChI is InChI=1S/C4H5N5O4/c1-2-7-4(9(12)13)3(5-6-7)8(10)11/h2H2,1H3. The average molecular weight is 187 g/mol. The Morgan fingerprint density at radius 2 is 2.00 bits per heavy atom. The number of aryl methyl sites for hydroxylation is 1. The maximum Gasteiger partial charge on any atom is 0.490 e. The summed E-state index contributed by atoms with van der Waals surface area (Å²) in [7, 11) is 0. The van der Waals surface area contributed by atoms with Crippen LogP contribution < -0.4 is 0 Å². The lowest BCUT2D eigenvalue weighted by atomic mass is 10.6. The SMILES string of the molecule is CCn1nnc([N+](=O)[O-])c1[N+](=O)[O-]. The summed E-state index contributed by atoms with van der Waals surface area (Å²) >= 11 is 0. The molecule has 70 valence electrons. The van der Waals surface area contributed by atoms with Gasteiger partial charge in [0.2, 0.25) is 0 Å². The fourth-order valence-corrected chi connectivity index (χ4v) is 0.806. The second kappa shape index (κ2) is 3.13. The number of hydrogen-bond donors (Lipinski definition) is 0. The zero-order chi connectivity index (χ0) is 10.0. The lowest BCUT2D eigenvalue weighted by Gasteiger charge is -1.92. The first-order valence-corrected chi connectivity index (χ1v) is 3.30. The maximum absolute atomic E-state index is 10.4. The molecular formula is C4H5N5O4. The molecule has 0 bridgehead atoms. The molecule has 0 saturated heterocycles. The highest BCUT2D eigenvalue weighted by molar-refractivity contribution is 5.38. The van der Waals surface area contributed by atoms with Gasteiger partial charge in [-0.1, -0.05) is 4.68 Å². The summed E-state index contributed by atoms with van der Waals surface area (Å²) in [5, 5.41) is 26.9. The Balaban J connectivity index is 3.30. The second-order valence-electron chi connectivity index (χ2n) is 2.07. The molecule has 1 rings (SSSR count). The Morgan fingerprint density at radius 3 is 2.38 bits per heavy atom. The Bertz CT molecular complexity index is 357. The third kappa shape index (κ3) is 1.43. The summed E-state index contributed by atoms with van der Waals surface area (Å²) in [6, 6.07) is 0. The van der Waals surface area contributed by atoms with Crippen molar-refractivity contribution in [2.24, 2.45) is 0 Å². The van der Waals surface area contributed by atoms with Crippen LogP contribution in [0.5, 0.6) is 0 Å². The number of nitrogens with zero attached hydrogens (tertiary/aromatic N) is 5. The highest BCUT2D eigenvalue weighted by Crippen LogP contribution is 2.22. The van der Waals surface area contributed by atoms with Crippen molar-refractivity contribution in [3.63, 3.8) is 0 Å². The van der Waals surface area contributed by atoms with E-state index in [1.54, 1.807) is 6.92 Å². The lowest BCUT2D eigenvalue weighted by Crippen LogP contribution is -2.03. The van der Waals surface area contributed by atoms with E-state index in [-0.39, 0.29) is 6.54 Å². The number of nitro groups is 2. The van der Waals surface area contributed by atoms with Crippen molar-refractivity contribution in [3.05, 3.63) is 20.2 Å². The smallest absolute Gasteiger partial charge is 0.358 e. The van der Waals surface area contributed by atoms with Crippen LogP contribution in [0.25, 0.3) is 0 Å². The predicted octanol–water partition coefficient (Wildman–Crippen LogP) is 0.114. The molecule has 0 aliphatic rings. The van der Waals surface area contributed by atoms with Gasteiger partial charge in [-0.05, 0) is 16.8 Å². The summed E-state index contributed by atoms with van der Waals surface area (Å²) < 4.78 is 0.859. The summed E-state index contributed by atoms with van der Waals surface area (Å²) in [6.07, 6.45) is 0. The molecule has 0 aliphatic heterocycles. The molecule has 0 saturated carbocycles. The molecule has 1 heterocycles. The van der Waals surface area contributed by atoms with Gasteiger partial charge in [0.05, 0.1) is 0 Å². The van der Waals surface area contributed by atoms with Crippen LogP contribution in [0, 0.1) is 20.2 Å². The summed E-state index contributed by atoms with van der Waals surface area (Å²) in [5.74, 6) is -1.51. The van der Waals surface area contributed by atoms with E-state index in [0.717, 1.165) is 4.68 Å². The molecule has 1 aromatic heterocycles. The van der Waals surface area contributed by atoms with E-state index >= 15 is 0 Å². The van der Waals surface area contributed by atoms with Crippen molar-refractivity contribution in [3.8, 4) is 0 Å². The van der Waals surface area contributed by atoms with Crippen molar-refractivity contribution in [2.45, 2.75) is 13.5 Å². The van der Waals surface area contributed by atoms with Crippen molar-refractivity contribution in [2.75, 3.05) is 0 Å². The van der Waals surface area contributed by atoms with E-state index in [9.17, 15) is 20.2 Å². The number of rotatable bonds is 3. The van der Waals surface area contributed by atoms with E-state index in [1.165, 1.54) is 0 Å². The van der Waals surface area contributed by atoms with Crippen molar-refractivity contribution < 1.29 is 9.85 Å². The van der Waals surface area contributed by atoms with Gasteiger partial charge in [-0.2, -0.15) is 0 Å². The minimum absolute atomic E-state index is 0.164. The first-order chi connectivity index (χ1) is 6.07. The van der Waals surface area contributed by atoms with Crippen molar-refractivity contribution in [1.29, 1.82) is 0 Å². The van der Waals surface area contributed by atoms with E-state index in [4.69, 9.17) is 0 Å². The largest absolute Gasteiger partial charge is 0.490 e. The maximum atomic E-state index is 10.4. The van der Waals surface area contributed by atoms with E-state index in [0.29, 0.717) is 0 Å². The van der Waals surface area contributed by atoms with Crippen LogP contribution in [0.15, 0.2) is 0 Å². The van der Waals surface area contributed by atoms with E-state index in [2.05, 4.69) is 10.3 Å². The fourth-order valence-electron chi connectivity index (χ4n) is 0.806. The molecule has 0 atom stereocenters. The minimum atomic E-state index is -0.933. The quantitative estimate of drug-likeness (QED) is 0.489. The van der Waals surface area contributed by atoms with Crippen LogP contribution in [-0.2, 0) is 6.54 Å². The first-order valence-electron chi connectivity index (χ1n) is 3.30. The van der Waals surface area contributed by atoms with Crippen LogP contribution >= 0.6 is 0 Å². The molecule has 0 radical (unpaired) electrons. The monoisotopic (exact) mass is 187 g/mol. The van der Waals surface area contributed by atoms with Gasteiger partial charge in [0, 0.05) is 0 Å². The first kappa shape index (κ1) is 9.03. The van der Waals surface area contributed by atoms with Gasteiger partial charge in [0.1, 0.15) is 16.9 Å². The Labute approximate surface area is 71.3 Å². The molecule has 0 amide bonds. The van der Waals surface area contributed by atoms with Crippen LogP contribution in [0.4, 0.5) is 11.6 Å². The van der Waals surface area contributed by atoms with Gasteiger partial charge in [-0.3, -0.25) is 0 Å². The topological polar surface area (TPSA) is 117 Å². The zero-order valence-electron chi connectivity index (χ0n) is 6.58. The Hall–Kier alpha value is -2.06. The van der Waals surface area contributed by atoms with Gasteiger partial charge in [-0.15, -0.1) is 0 Å². The van der Waals surface area contributed by atoms with Gasteiger partial charge in [0.15, 0.2) is 0 Å². The highest BCUT2D eigenvalue weighted by Gasteiger charge is 2.33. The van der Waals surface area contributed by atoms with Crippen LogP contribution in [0.2, 0.25) is 0 Å². The van der Waals surface area contributed by atoms with E-state index < -0.39 is 21.5 Å². The molecule has 1 aromatic rings. The number of hydrogen-bond acceptors (Lipinski definition) is 6.